The molecule has 3 heteroatoms. The molecule has 0 bridgehead atoms. The summed E-state index contributed by atoms with van der Waals surface area (Å²) in [5, 5.41) is 0.959. The lowest BCUT2D eigenvalue weighted by Crippen LogP contribution is -2.36. The van der Waals surface area contributed by atoms with Crippen LogP contribution in [0.25, 0.3) is 10.2 Å². The van der Waals surface area contributed by atoms with Gasteiger partial charge in [-0.25, -0.2) is 4.98 Å². The summed E-state index contributed by atoms with van der Waals surface area (Å²) < 4.78 is 1.23. The smallest absolute Gasteiger partial charge is 0.167 e. The molecule has 0 saturated heterocycles. The summed E-state index contributed by atoms with van der Waals surface area (Å²) >= 11 is 1.70. The number of para-hydroxylation sites is 1. The van der Waals surface area contributed by atoms with Gasteiger partial charge >= 0.3 is 0 Å². The molecule has 0 fully saturated rings. The number of fused-ring (bicyclic) bond motifs is 1. The van der Waals surface area contributed by atoms with Gasteiger partial charge in [-0.2, -0.15) is 0 Å². The molecule has 1 aromatic carbocycles. The molecular formula is C16H21NSSi. The van der Waals surface area contributed by atoms with Crippen molar-refractivity contribution in [3.8, 4) is 11.5 Å². The van der Waals surface area contributed by atoms with Gasteiger partial charge in [0.05, 0.1) is 10.2 Å². The fraction of sp³-hybridized carbons (Fsp3) is 0.438. The lowest BCUT2D eigenvalue weighted by atomic mass is 10.3. The summed E-state index contributed by atoms with van der Waals surface area (Å²) in [4.78, 5) is 4.60. The highest BCUT2D eigenvalue weighted by Crippen LogP contribution is 2.31. The predicted octanol–water partition coefficient (Wildman–Crippen LogP) is 5.09. The molecule has 0 radical (unpaired) electrons. The van der Waals surface area contributed by atoms with E-state index in [1.807, 2.05) is 6.07 Å². The number of thiazole rings is 1. The number of nitrogens with zero attached hydrogens (tertiary/aromatic N) is 1. The minimum absolute atomic E-state index is 0.675. The van der Waals surface area contributed by atoms with Gasteiger partial charge in [0.15, 0.2) is 5.01 Å². The van der Waals surface area contributed by atoms with Crippen LogP contribution >= 0.6 is 11.3 Å². The molecule has 0 amide bonds. The molecule has 0 aliphatic carbocycles. The Kier molecular flexibility index (Phi) is 4.12. The van der Waals surface area contributed by atoms with E-state index in [0.717, 1.165) is 10.5 Å². The lowest BCUT2D eigenvalue weighted by molar-refractivity contribution is 0.920. The van der Waals surface area contributed by atoms with Crippen molar-refractivity contribution in [2.24, 2.45) is 0 Å². The number of rotatable bonds is 2. The second-order valence-electron chi connectivity index (χ2n) is 5.83. The predicted molar refractivity (Wildman–Crippen MR) is 88.3 cm³/mol. The molecule has 0 unspecified atom stereocenters. The zero-order valence-corrected chi connectivity index (χ0v) is 14.1. The van der Waals surface area contributed by atoms with E-state index in [1.54, 1.807) is 11.3 Å². The maximum Gasteiger partial charge on any atom is 0.167 e. The highest BCUT2D eigenvalue weighted by Gasteiger charge is 2.33. The fourth-order valence-electron chi connectivity index (χ4n) is 2.07. The summed E-state index contributed by atoms with van der Waals surface area (Å²) in [5.74, 6) is 3.36. The Balaban J connectivity index is 2.37. The molecule has 0 atom stereocenters. The third-order valence-electron chi connectivity index (χ3n) is 4.13. The number of hydrogen-bond acceptors (Lipinski definition) is 2. The van der Waals surface area contributed by atoms with Crippen molar-refractivity contribution in [2.45, 2.75) is 45.3 Å². The average molecular weight is 288 g/mol. The minimum atomic E-state index is -1.53. The van der Waals surface area contributed by atoms with E-state index < -0.39 is 8.07 Å². The van der Waals surface area contributed by atoms with Crippen LogP contribution in [-0.2, 0) is 0 Å². The number of benzene rings is 1. The van der Waals surface area contributed by atoms with E-state index >= 15 is 0 Å². The van der Waals surface area contributed by atoms with Crippen LogP contribution in [-0.4, -0.2) is 13.1 Å². The van der Waals surface area contributed by atoms with Crippen LogP contribution in [0, 0.1) is 11.5 Å². The van der Waals surface area contributed by atoms with Gasteiger partial charge in [-0.1, -0.05) is 46.4 Å². The fourth-order valence-corrected chi connectivity index (χ4v) is 5.28. The molecule has 0 spiro atoms. The largest absolute Gasteiger partial charge is 0.228 e. The van der Waals surface area contributed by atoms with E-state index in [-0.39, 0.29) is 0 Å². The van der Waals surface area contributed by atoms with Gasteiger partial charge in [0, 0.05) is 0 Å². The quantitative estimate of drug-likeness (QED) is 0.554. The van der Waals surface area contributed by atoms with Crippen molar-refractivity contribution in [2.75, 3.05) is 0 Å². The van der Waals surface area contributed by atoms with E-state index in [2.05, 4.69) is 68.9 Å². The van der Waals surface area contributed by atoms with Crippen LogP contribution in [0.2, 0.25) is 17.6 Å². The Bertz CT molecular complexity index is 590. The number of hydrogen-bond donors (Lipinski definition) is 0. The molecule has 0 aliphatic heterocycles. The van der Waals surface area contributed by atoms with Gasteiger partial charge in [-0.15, -0.1) is 16.9 Å². The van der Waals surface area contributed by atoms with Gasteiger partial charge in [-0.3, -0.25) is 0 Å². The van der Waals surface area contributed by atoms with Crippen LogP contribution in [0.1, 0.15) is 32.7 Å². The summed E-state index contributed by atoms with van der Waals surface area (Å²) in [7, 11) is -1.53. The summed E-state index contributed by atoms with van der Waals surface area (Å²) in [6, 6.07) is 8.25. The van der Waals surface area contributed by atoms with Crippen molar-refractivity contribution >= 4 is 29.6 Å². The van der Waals surface area contributed by atoms with Crippen LogP contribution in [0.3, 0.4) is 0 Å². The first kappa shape index (κ1) is 14.3. The van der Waals surface area contributed by atoms with Crippen molar-refractivity contribution in [3.63, 3.8) is 0 Å². The Morgan fingerprint density at radius 2 is 1.74 bits per heavy atom. The third-order valence-corrected chi connectivity index (χ3v) is 10.5. The molecule has 0 N–H and O–H groups in total. The van der Waals surface area contributed by atoms with E-state index in [0.29, 0.717) is 11.1 Å². The van der Waals surface area contributed by atoms with Crippen LogP contribution in [0.5, 0.6) is 0 Å². The molecule has 100 valence electrons. The Morgan fingerprint density at radius 1 is 1.11 bits per heavy atom. The van der Waals surface area contributed by atoms with Crippen molar-refractivity contribution in [1.29, 1.82) is 0 Å². The second kappa shape index (κ2) is 5.48. The zero-order valence-electron chi connectivity index (χ0n) is 12.3. The first-order chi connectivity index (χ1) is 8.93. The van der Waals surface area contributed by atoms with Gasteiger partial charge < -0.3 is 0 Å². The first-order valence-corrected chi connectivity index (χ1v) is 10.3. The Labute approximate surface area is 121 Å². The van der Waals surface area contributed by atoms with Gasteiger partial charge in [0.25, 0.3) is 0 Å². The van der Waals surface area contributed by atoms with Gasteiger partial charge in [0.2, 0.25) is 0 Å². The van der Waals surface area contributed by atoms with Crippen molar-refractivity contribution < 1.29 is 0 Å². The molecule has 2 aromatic rings. The zero-order chi connectivity index (χ0) is 14.0. The SMILES string of the molecule is CC(C)[Si](C)(C#Cc1nc2ccccc2s1)C(C)C. The average Bonchev–Trinajstić information content (AvgIpc) is 2.78. The highest BCUT2D eigenvalue weighted by molar-refractivity contribution is 7.19. The molecule has 0 aliphatic rings. The van der Waals surface area contributed by atoms with Gasteiger partial charge in [-0.05, 0) is 29.1 Å². The van der Waals surface area contributed by atoms with E-state index in [1.165, 1.54) is 4.70 Å². The second-order valence-corrected chi connectivity index (χ2v) is 12.0. The van der Waals surface area contributed by atoms with Crippen LogP contribution in [0.15, 0.2) is 24.3 Å². The van der Waals surface area contributed by atoms with Crippen LogP contribution < -0.4 is 0 Å². The third kappa shape index (κ3) is 2.91. The Morgan fingerprint density at radius 3 is 2.32 bits per heavy atom. The molecule has 19 heavy (non-hydrogen) atoms. The van der Waals surface area contributed by atoms with Gasteiger partial charge in [0.1, 0.15) is 8.07 Å². The highest BCUT2D eigenvalue weighted by atomic mass is 32.1. The minimum Gasteiger partial charge on any atom is -0.228 e. The topological polar surface area (TPSA) is 12.9 Å². The molecule has 2 rings (SSSR count). The van der Waals surface area contributed by atoms with Crippen molar-refractivity contribution in [1.82, 2.24) is 4.98 Å². The molecule has 1 aromatic heterocycles. The molecular weight excluding hydrogens is 266 g/mol. The summed E-state index contributed by atoms with van der Waals surface area (Å²) in [5.41, 5.74) is 6.02. The maximum atomic E-state index is 4.60. The van der Waals surface area contributed by atoms with Crippen LogP contribution in [0.4, 0.5) is 0 Å². The monoisotopic (exact) mass is 287 g/mol. The summed E-state index contributed by atoms with van der Waals surface area (Å²) in [6.07, 6.45) is 0. The maximum absolute atomic E-state index is 4.60. The summed E-state index contributed by atoms with van der Waals surface area (Å²) in [6.45, 7) is 11.6. The number of aromatic nitrogens is 1. The normalized spacial score (nSPS) is 11.9. The standard InChI is InChI=1S/C16H21NSSi/c1-12(2)19(5,13(3)4)11-10-16-17-14-8-6-7-9-15(14)18-16/h6-9,12-13H,1-5H3. The lowest BCUT2D eigenvalue weighted by Gasteiger charge is -2.29. The molecule has 1 heterocycles. The molecule has 1 nitrogen and oxygen atoms in total. The van der Waals surface area contributed by atoms with Crippen molar-refractivity contribution in [3.05, 3.63) is 29.3 Å². The van der Waals surface area contributed by atoms with E-state index in [9.17, 15) is 0 Å². The Hall–Kier alpha value is -1.11. The van der Waals surface area contributed by atoms with E-state index in [4.69, 9.17) is 0 Å². The molecule has 0 saturated carbocycles. The first-order valence-electron chi connectivity index (χ1n) is 6.82.